The van der Waals surface area contributed by atoms with Gasteiger partial charge in [0.2, 0.25) is 0 Å². The molecule has 1 aromatic heterocycles. The Morgan fingerprint density at radius 2 is 2.00 bits per heavy atom. The van der Waals surface area contributed by atoms with Gasteiger partial charge < -0.3 is 0 Å². The molecule has 18 heavy (non-hydrogen) atoms. The number of allylic oxidation sites excluding steroid dienone is 1. The highest BCUT2D eigenvalue weighted by atomic mass is 16.1. The lowest BCUT2D eigenvalue weighted by molar-refractivity contribution is 0.112. The minimum Gasteiger partial charge on any atom is -0.298 e. The van der Waals surface area contributed by atoms with Crippen molar-refractivity contribution in [3.63, 3.8) is 0 Å². The average molecular weight is 236 g/mol. The number of hydrogen-bond acceptors (Lipinski definition) is 2. The maximum Gasteiger partial charge on any atom is 0.150 e. The summed E-state index contributed by atoms with van der Waals surface area (Å²) in [6, 6.07) is 7.16. The van der Waals surface area contributed by atoms with Crippen LogP contribution in [0, 0.1) is 11.8 Å². The molecule has 0 spiro atoms. The summed E-state index contributed by atoms with van der Waals surface area (Å²) in [5.41, 5.74) is 2.56. The molecular formula is C15H12N2O. The molecule has 1 heterocycles. The molecule has 1 aromatic carbocycles. The van der Waals surface area contributed by atoms with E-state index in [9.17, 15) is 4.79 Å². The van der Waals surface area contributed by atoms with Crippen LogP contribution in [0.25, 0.3) is 6.08 Å². The Morgan fingerprint density at radius 1 is 1.22 bits per heavy atom. The van der Waals surface area contributed by atoms with Gasteiger partial charge >= 0.3 is 0 Å². The van der Waals surface area contributed by atoms with E-state index in [1.54, 1.807) is 29.1 Å². The van der Waals surface area contributed by atoms with E-state index in [0.717, 1.165) is 17.4 Å². The van der Waals surface area contributed by atoms with Crippen LogP contribution in [-0.4, -0.2) is 16.1 Å². The number of aryl methyl sites for hydroxylation is 1. The number of rotatable bonds is 2. The van der Waals surface area contributed by atoms with E-state index in [0.29, 0.717) is 5.56 Å². The summed E-state index contributed by atoms with van der Waals surface area (Å²) in [4.78, 5) is 10.5. The molecule has 0 fully saturated rings. The number of carbonyl (C=O) groups is 1. The van der Waals surface area contributed by atoms with Gasteiger partial charge in [-0.2, -0.15) is 5.10 Å². The van der Waals surface area contributed by atoms with Crippen LogP contribution in [0.4, 0.5) is 0 Å². The summed E-state index contributed by atoms with van der Waals surface area (Å²) >= 11 is 0. The first-order chi connectivity index (χ1) is 8.78. The zero-order chi connectivity index (χ0) is 12.8. The van der Waals surface area contributed by atoms with Crippen molar-refractivity contribution in [1.82, 2.24) is 9.78 Å². The molecule has 0 atom stereocenters. The van der Waals surface area contributed by atoms with E-state index in [-0.39, 0.29) is 0 Å². The minimum absolute atomic E-state index is 0.659. The molecule has 0 radical (unpaired) electrons. The van der Waals surface area contributed by atoms with Crippen molar-refractivity contribution in [3.8, 4) is 11.8 Å². The summed E-state index contributed by atoms with van der Waals surface area (Å²) in [5.74, 6) is 5.93. The van der Waals surface area contributed by atoms with Crippen molar-refractivity contribution in [3.05, 3.63) is 59.4 Å². The third-order valence-corrected chi connectivity index (χ3v) is 2.35. The van der Waals surface area contributed by atoms with Crippen LogP contribution in [-0.2, 0) is 7.05 Å². The Labute approximate surface area is 106 Å². The third kappa shape index (κ3) is 3.19. The Bertz CT molecular complexity index is 625. The van der Waals surface area contributed by atoms with E-state index < -0.39 is 0 Å². The summed E-state index contributed by atoms with van der Waals surface area (Å²) in [6.45, 7) is 0. The van der Waals surface area contributed by atoms with Gasteiger partial charge in [-0.25, -0.2) is 0 Å². The van der Waals surface area contributed by atoms with Crippen molar-refractivity contribution in [2.45, 2.75) is 0 Å². The van der Waals surface area contributed by atoms with Gasteiger partial charge in [-0.1, -0.05) is 24.0 Å². The Morgan fingerprint density at radius 3 is 2.61 bits per heavy atom. The first kappa shape index (κ1) is 11.9. The van der Waals surface area contributed by atoms with Crippen LogP contribution in [0.2, 0.25) is 0 Å². The van der Waals surface area contributed by atoms with E-state index in [4.69, 9.17) is 0 Å². The molecule has 0 aliphatic heterocycles. The summed E-state index contributed by atoms with van der Waals surface area (Å²) < 4.78 is 1.74. The Balaban J connectivity index is 2.03. The number of aromatic nitrogens is 2. The molecule has 0 saturated carbocycles. The predicted octanol–water partition coefficient (Wildman–Crippen LogP) is 2.30. The van der Waals surface area contributed by atoms with Crippen molar-refractivity contribution in [2.75, 3.05) is 0 Å². The zero-order valence-corrected chi connectivity index (χ0v) is 10.00. The molecule has 88 valence electrons. The standard InChI is InChI=1S/C15H12N2O/c1-17-11-15(10-16-17)5-3-2-4-13-6-8-14(12-18)9-7-13/h3,5-12H,1H3/b5-3+. The molecular weight excluding hydrogens is 224 g/mol. The highest BCUT2D eigenvalue weighted by Crippen LogP contribution is 2.01. The molecule has 0 aliphatic rings. The molecule has 3 heteroatoms. The second-order valence-corrected chi connectivity index (χ2v) is 3.79. The molecule has 0 aliphatic carbocycles. The van der Waals surface area contributed by atoms with Gasteiger partial charge in [-0.15, -0.1) is 0 Å². The normalized spacial score (nSPS) is 10.1. The predicted molar refractivity (Wildman–Crippen MR) is 70.9 cm³/mol. The fourth-order valence-corrected chi connectivity index (χ4v) is 1.43. The summed E-state index contributed by atoms with van der Waals surface area (Å²) in [5, 5.41) is 4.06. The van der Waals surface area contributed by atoms with Gasteiger partial charge in [0.05, 0.1) is 6.20 Å². The number of carbonyl (C=O) groups excluding carboxylic acids is 1. The van der Waals surface area contributed by atoms with E-state index >= 15 is 0 Å². The van der Waals surface area contributed by atoms with Gasteiger partial charge in [0.25, 0.3) is 0 Å². The zero-order valence-electron chi connectivity index (χ0n) is 10.00. The highest BCUT2D eigenvalue weighted by Gasteiger charge is 1.89. The molecule has 2 rings (SSSR count). The fraction of sp³-hybridized carbons (Fsp3) is 0.0667. The average Bonchev–Trinajstić information content (AvgIpc) is 2.81. The Kier molecular flexibility index (Phi) is 3.72. The highest BCUT2D eigenvalue weighted by molar-refractivity contribution is 5.74. The number of aldehydes is 1. The van der Waals surface area contributed by atoms with Crippen LogP contribution >= 0.6 is 0 Å². The van der Waals surface area contributed by atoms with Crippen molar-refractivity contribution >= 4 is 12.4 Å². The lowest BCUT2D eigenvalue weighted by Crippen LogP contribution is -1.83. The van der Waals surface area contributed by atoms with Crippen LogP contribution in [0.15, 0.2) is 42.7 Å². The molecule has 0 unspecified atom stereocenters. The second kappa shape index (κ2) is 5.65. The largest absolute Gasteiger partial charge is 0.298 e. The first-order valence-corrected chi connectivity index (χ1v) is 5.50. The second-order valence-electron chi connectivity index (χ2n) is 3.79. The monoisotopic (exact) mass is 236 g/mol. The molecule has 0 amide bonds. The SMILES string of the molecule is Cn1cc(/C=C/C#Cc2ccc(C=O)cc2)cn1. The van der Waals surface area contributed by atoms with Gasteiger partial charge in [-0.3, -0.25) is 9.48 Å². The summed E-state index contributed by atoms with van der Waals surface area (Å²) in [6.07, 6.45) is 8.19. The maximum absolute atomic E-state index is 10.5. The van der Waals surface area contributed by atoms with E-state index in [1.807, 2.05) is 31.5 Å². The Hall–Kier alpha value is -2.60. The van der Waals surface area contributed by atoms with E-state index in [1.165, 1.54) is 0 Å². The van der Waals surface area contributed by atoms with Crippen LogP contribution in [0.3, 0.4) is 0 Å². The van der Waals surface area contributed by atoms with Crippen molar-refractivity contribution in [2.24, 2.45) is 7.05 Å². The fourth-order valence-electron chi connectivity index (χ4n) is 1.43. The maximum atomic E-state index is 10.5. The third-order valence-electron chi connectivity index (χ3n) is 2.35. The quantitative estimate of drug-likeness (QED) is 0.592. The van der Waals surface area contributed by atoms with Gasteiger partial charge in [0.15, 0.2) is 0 Å². The molecule has 0 bridgehead atoms. The number of benzene rings is 1. The first-order valence-electron chi connectivity index (χ1n) is 5.50. The van der Waals surface area contributed by atoms with Gasteiger partial charge in [0.1, 0.15) is 6.29 Å². The van der Waals surface area contributed by atoms with Gasteiger partial charge in [0, 0.05) is 29.9 Å². The molecule has 0 N–H and O–H groups in total. The minimum atomic E-state index is 0.659. The van der Waals surface area contributed by atoms with Crippen LogP contribution in [0.1, 0.15) is 21.5 Å². The molecule has 2 aromatic rings. The number of hydrogen-bond donors (Lipinski definition) is 0. The molecule has 0 saturated heterocycles. The topological polar surface area (TPSA) is 34.9 Å². The number of nitrogens with zero attached hydrogens (tertiary/aromatic N) is 2. The lowest BCUT2D eigenvalue weighted by Gasteiger charge is -1.89. The lowest BCUT2D eigenvalue weighted by atomic mass is 10.1. The van der Waals surface area contributed by atoms with Gasteiger partial charge in [-0.05, 0) is 24.3 Å². The van der Waals surface area contributed by atoms with Crippen molar-refractivity contribution < 1.29 is 4.79 Å². The van der Waals surface area contributed by atoms with Crippen molar-refractivity contribution in [1.29, 1.82) is 0 Å². The summed E-state index contributed by atoms with van der Waals surface area (Å²) in [7, 11) is 1.87. The smallest absolute Gasteiger partial charge is 0.150 e. The van der Waals surface area contributed by atoms with Crippen LogP contribution < -0.4 is 0 Å². The van der Waals surface area contributed by atoms with E-state index in [2.05, 4.69) is 16.9 Å². The molecule has 3 nitrogen and oxygen atoms in total. The van der Waals surface area contributed by atoms with Crippen LogP contribution in [0.5, 0.6) is 0 Å².